The first-order valence-corrected chi connectivity index (χ1v) is 11.9. The van der Waals surface area contributed by atoms with E-state index < -0.39 is 5.54 Å². The molecule has 1 saturated carbocycles. The van der Waals surface area contributed by atoms with E-state index in [2.05, 4.69) is 36.3 Å². The van der Waals surface area contributed by atoms with Crippen molar-refractivity contribution in [3.8, 4) is 0 Å². The summed E-state index contributed by atoms with van der Waals surface area (Å²) in [6.45, 7) is 8.33. The predicted molar refractivity (Wildman–Crippen MR) is 124 cm³/mol. The average Bonchev–Trinajstić information content (AvgIpc) is 2.98. The minimum atomic E-state index is -0.737. The number of nitrogens with one attached hydrogen (secondary N) is 2. The van der Waals surface area contributed by atoms with Gasteiger partial charge in [0.1, 0.15) is 5.54 Å². The van der Waals surface area contributed by atoms with E-state index in [0.717, 1.165) is 37.9 Å². The topological polar surface area (TPSA) is 81.8 Å². The Hall–Kier alpha value is -2.41. The van der Waals surface area contributed by atoms with Crippen LogP contribution in [0.25, 0.3) is 0 Å². The fourth-order valence-electron chi connectivity index (χ4n) is 5.48. The maximum Gasteiger partial charge on any atom is 0.326 e. The summed E-state index contributed by atoms with van der Waals surface area (Å²) in [5.41, 5.74) is 0.269. The number of benzene rings is 1. The van der Waals surface area contributed by atoms with Crippen molar-refractivity contribution in [1.29, 1.82) is 0 Å². The molecule has 174 valence electrons. The van der Waals surface area contributed by atoms with Crippen molar-refractivity contribution in [3.63, 3.8) is 0 Å². The highest BCUT2D eigenvalue weighted by molar-refractivity contribution is 6.07. The number of rotatable bonds is 4. The number of piperidine rings is 1. The molecule has 4 rings (SSSR count). The monoisotopic (exact) mass is 440 g/mol. The number of likely N-dealkylation sites (tertiary alicyclic amines) is 1. The third-order valence-corrected chi connectivity index (χ3v) is 7.57. The van der Waals surface area contributed by atoms with Crippen LogP contribution >= 0.6 is 0 Å². The first-order chi connectivity index (χ1) is 15.2. The molecule has 0 aromatic heterocycles. The lowest BCUT2D eigenvalue weighted by Gasteiger charge is -2.40. The summed E-state index contributed by atoms with van der Waals surface area (Å²) in [5.74, 6) is 0.319. The van der Waals surface area contributed by atoms with Gasteiger partial charge in [0.15, 0.2) is 0 Å². The van der Waals surface area contributed by atoms with E-state index in [1.54, 1.807) is 0 Å². The Morgan fingerprint density at radius 2 is 1.81 bits per heavy atom. The number of carbonyl (C=O) groups excluding carboxylic acids is 3. The Morgan fingerprint density at radius 3 is 2.47 bits per heavy atom. The lowest BCUT2D eigenvalue weighted by Crippen LogP contribution is -2.51. The Morgan fingerprint density at radius 1 is 1.12 bits per heavy atom. The second-order valence-corrected chi connectivity index (χ2v) is 10.8. The number of carbonyl (C=O) groups is 3. The maximum atomic E-state index is 13.3. The molecule has 1 aromatic rings. The molecule has 2 N–H and O–H groups in total. The minimum Gasteiger partial charge on any atom is -0.326 e. The van der Waals surface area contributed by atoms with Gasteiger partial charge in [0.25, 0.3) is 5.91 Å². The van der Waals surface area contributed by atoms with Gasteiger partial charge in [0.05, 0.1) is 12.6 Å². The van der Waals surface area contributed by atoms with Crippen molar-refractivity contribution in [1.82, 2.24) is 15.1 Å². The molecule has 4 amide bonds. The third kappa shape index (κ3) is 4.68. The molecule has 7 nitrogen and oxygen atoms in total. The lowest BCUT2D eigenvalue weighted by atomic mass is 9.67. The van der Waals surface area contributed by atoms with E-state index >= 15 is 0 Å². The average molecular weight is 441 g/mol. The number of imide groups is 1. The fourth-order valence-corrected chi connectivity index (χ4v) is 5.48. The summed E-state index contributed by atoms with van der Waals surface area (Å²) in [6, 6.07) is 9.16. The van der Waals surface area contributed by atoms with Crippen LogP contribution in [0.5, 0.6) is 0 Å². The molecule has 2 saturated heterocycles. The van der Waals surface area contributed by atoms with E-state index in [4.69, 9.17) is 0 Å². The molecule has 1 aliphatic carbocycles. The smallest absolute Gasteiger partial charge is 0.326 e. The molecule has 32 heavy (non-hydrogen) atoms. The normalized spacial score (nSPS) is 29.3. The summed E-state index contributed by atoms with van der Waals surface area (Å²) in [5, 5.41) is 6.01. The molecule has 1 unspecified atom stereocenters. The van der Waals surface area contributed by atoms with Gasteiger partial charge in [-0.3, -0.25) is 14.5 Å². The fraction of sp³-hybridized carbons (Fsp3) is 0.640. The van der Waals surface area contributed by atoms with Gasteiger partial charge in [0, 0.05) is 12.2 Å². The zero-order valence-electron chi connectivity index (χ0n) is 19.5. The zero-order chi connectivity index (χ0) is 22.9. The van der Waals surface area contributed by atoms with Crippen LogP contribution in [0.4, 0.5) is 10.5 Å². The lowest BCUT2D eigenvalue weighted by molar-refractivity contribution is -0.135. The number of para-hydroxylation sites is 1. The number of urea groups is 1. The van der Waals surface area contributed by atoms with Crippen molar-refractivity contribution < 1.29 is 14.4 Å². The van der Waals surface area contributed by atoms with E-state index in [1.165, 1.54) is 4.90 Å². The molecular weight excluding hydrogens is 404 g/mol. The van der Waals surface area contributed by atoms with Gasteiger partial charge in [-0.1, -0.05) is 39.0 Å². The molecule has 1 aromatic carbocycles. The van der Waals surface area contributed by atoms with E-state index in [0.29, 0.717) is 25.3 Å². The molecule has 0 bridgehead atoms. The Balaban J connectivity index is 1.35. The number of hydrogen-bond donors (Lipinski definition) is 2. The van der Waals surface area contributed by atoms with Crippen LogP contribution < -0.4 is 10.6 Å². The van der Waals surface area contributed by atoms with Crippen LogP contribution in [0.2, 0.25) is 0 Å². The number of anilines is 1. The first-order valence-electron chi connectivity index (χ1n) is 11.9. The Kier molecular flexibility index (Phi) is 6.30. The molecule has 1 atom stereocenters. The molecule has 2 heterocycles. The highest BCUT2D eigenvalue weighted by Crippen LogP contribution is 2.43. The van der Waals surface area contributed by atoms with E-state index in [9.17, 15) is 14.4 Å². The van der Waals surface area contributed by atoms with Gasteiger partial charge in [-0.25, -0.2) is 9.69 Å². The second kappa shape index (κ2) is 8.85. The van der Waals surface area contributed by atoms with Gasteiger partial charge >= 0.3 is 6.03 Å². The van der Waals surface area contributed by atoms with Crippen LogP contribution in [0.3, 0.4) is 0 Å². The number of hydrogen-bond acceptors (Lipinski definition) is 4. The van der Waals surface area contributed by atoms with Crippen LogP contribution in [-0.2, 0) is 9.59 Å². The highest BCUT2D eigenvalue weighted by Gasteiger charge is 2.53. The van der Waals surface area contributed by atoms with Crippen LogP contribution in [-0.4, -0.2) is 52.9 Å². The Labute approximate surface area is 190 Å². The summed E-state index contributed by atoms with van der Waals surface area (Å²) in [4.78, 5) is 42.2. The van der Waals surface area contributed by atoms with Gasteiger partial charge in [-0.2, -0.15) is 0 Å². The first kappa shape index (κ1) is 22.8. The molecular formula is C25H36N4O3. The summed E-state index contributed by atoms with van der Waals surface area (Å²) in [6.07, 6.45) is 5.00. The molecule has 3 fully saturated rings. The quantitative estimate of drug-likeness (QED) is 0.698. The molecule has 2 aliphatic heterocycles. The Bertz CT molecular complexity index is 856. The van der Waals surface area contributed by atoms with Crippen molar-refractivity contribution >= 4 is 23.5 Å². The maximum absolute atomic E-state index is 13.3. The SMILES string of the molecule is CC(C)(C)C1CCC2(CC1)NC(=O)N(CN1CCCC(C(=O)Nc3ccccc3)C1)C2=O. The highest BCUT2D eigenvalue weighted by atomic mass is 16.2. The minimum absolute atomic E-state index is 0.00456. The molecule has 0 radical (unpaired) electrons. The van der Waals surface area contributed by atoms with Crippen molar-refractivity contribution in [3.05, 3.63) is 30.3 Å². The zero-order valence-corrected chi connectivity index (χ0v) is 19.5. The van der Waals surface area contributed by atoms with Crippen LogP contribution in [0.1, 0.15) is 59.3 Å². The largest absolute Gasteiger partial charge is 0.326 e. The summed E-state index contributed by atoms with van der Waals surface area (Å²) in [7, 11) is 0. The molecule has 7 heteroatoms. The molecule has 3 aliphatic rings. The van der Waals surface area contributed by atoms with Crippen LogP contribution in [0.15, 0.2) is 30.3 Å². The van der Waals surface area contributed by atoms with E-state index in [1.807, 2.05) is 30.3 Å². The second-order valence-electron chi connectivity index (χ2n) is 10.8. The van der Waals surface area contributed by atoms with Crippen LogP contribution in [0, 0.1) is 17.3 Å². The van der Waals surface area contributed by atoms with Gasteiger partial charge < -0.3 is 10.6 Å². The third-order valence-electron chi connectivity index (χ3n) is 7.57. The van der Waals surface area contributed by atoms with Crippen molar-refractivity contribution in [2.45, 2.75) is 64.8 Å². The summed E-state index contributed by atoms with van der Waals surface area (Å²) >= 11 is 0. The van der Waals surface area contributed by atoms with Crippen molar-refractivity contribution in [2.75, 3.05) is 25.1 Å². The van der Waals surface area contributed by atoms with Gasteiger partial charge in [-0.05, 0) is 68.5 Å². The predicted octanol–water partition coefficient (Wildman–Crippen LogP) is 3.82. The van der Waals surface area contributed by atoms with Gasteiger partial charge in [-0.15, -0.1) is 0 Å². The number of amides is 4. The standard InChI is InChI=1S/C25H36N4O3/c1-24(2,3)19-11-13-25(14-12-19)22(31)29(23(32)27-25)17-28-15-7-8-18(16-28)21(30)26-20-9-5-4-6-10-20/h4-6,9-10,18-19H,7-8,11-17H2,1-3H3,(H,26,30)(H,27,32). The molecule has 1 spiro atoms. The number of nitrogens with zero attached hydrogens (tertiary/aromatic N) is 2. The summed E-state index contributed by atoms with van der Waals surface area (Å²) < 4.78 is 0. The van der Waals surface area contributed by atoms with E-state index in [-0.39, 0.29) is 35.8 Å². The van der Waals surface area contributed by atoms with Gasteiger partial charge in [0.2, 0.25) is 5.91 Å². The van der Waals surface area contributed by atoms with Crippen molar-refractivity contribution in [2.24, 2.45) is 17.3 Å².